The number of likely N-dealkylation sites (tertiary alicyclic amines) is 1. The number of rotatable bonds is 1. The zero-order valence-corrected chi connectivity index (χ0v) is 6.69. The summed E-state index contributed by atoms with van der Waals surface area (Å²) in [6, 6.07) is 0. The minimum atomic E-state index is 0. The van der Waals surface area contributed by atoms with Crippen molar-refractivity contribution >= 4 is 0 Å². The van der Waals surface area contributed by atoms with Gasteiger partial charge in [-0.2, -0.15) is 0 Å². The smallest absolute Gasteiger partial charge is 0.0725 e. The monoisotopic (exact) mass is 142 g/mol. The first-order valence-corrected chi connectivity index (χ1v) is 4.37. The zero-order valence-electron chi connectivity index (χ0n) is 6.69. The first-order chi connectivity index (χ1) is 4.87. The second kappa shape index (κ2) is 2.21. The molecule has 0 radical (unpaired) electrons. The quantitative estimate of drug-likeness (QED) is 0.588. The van der Waals surface area contributed by atoms with Crippen molar-refractivity contribution in [2.24, 2.45) is 0 Å². The molecule has 1 spiro atoms. The highest BCUT2D eigenvalue weighted by molar-refractivity contribution is 4.99. The van der Waals surface area contributed by atoms with Gasteiger partial charge >= 0.3 is 0 Å². The molecule has 0 saturated carbocycles. The molecule has 1 unspecified atom stereocenters. The van der Waals surface area contributed by atoms with Crippen LogP contribution in [0.1, 0.15) is 27.6 Å². The van der Waals surface area contributed by atoms with Crippen LogP contribution in [0.3, 0.4) is 0 Å². The summed E-state index contributed by atoms with van der Waals surface area (Å²) in [4.78, 5) is 2.58. The standard InChI is InChI=1S/C8H16N2.H2/c1-2-10-7-3-4-8(10)5-6-9-8;/h9H,2-7H2,1H3;1H. The molecule has 0 aromatic heterocycles. The SMILES string of the molecule is CCN1CCCC12CCN2.[HH]. The third-order valence-corrected chi connectivity index (χ3v) is 3.00. The number of nitrogens with one attached hydrogen (secondary N) is 1. The molecule has 2 heterocycles. The molecule has 0 aromatic carbocycles. The predicted molar refractivity (Wildman–Crippen MR) is 43.9 cm³/mol. The van der Waals surface area contributed by atoms with Crippen LogP contribution in [0.2, 0.25) is 0 Å². The van der Waals surface area contributed by atoms with Crippen molar-refractivity contribution in [3.05, 3.63) is 0 Å². The molecule has 2 fully saturated rings. The largest absolute Gasteiger partial charge is 0.299 e. The molecule has 2 saturated heterocycles. The summed E-state index contributed by atoms with van der Waals surface area (Å²) in [6.07, 6.45) is 4.14. The fraction of sp³-hybridized carbons (Fsp3) is 1.00. The van der Waals surface area contributed by atoms with Gasteiger partial charge in [-0.15, -0.1) is 0 Å². The van der Waals surface area contributed by atoms with Crippen LogP contribution in [0.4, 0.5) is 0 Å². The minimum Gasteiger partial charge on any atom is -0.299 e. The second-order valence-corrected chi connectivity index (χ2v) is 3.39. The molecule has 2 aliphatic heterocycles. The molecule has 0 bridgehead atoms. The molecule has 1 N–H and O–H groups in total. The van der Waals surface area contributed by atoms with E-state index in [0.29, 0.717) is 5.66 Å². The maximum Gasteiger partial charge on any atom is 0.0725 e. The normalized spacial score (nSPS) is 40.5. The second-order valence-electron chi connectivity index (χ2n) is 3.39. The Morgan fingerprint density at radius 3 is 2.80 bits per heavy atom. The van der Waals surface area contributed by atoms with Gasteiger partial charge in [0.1, 0.15) is 0 Å². The Labute approximate surface area is 64.1 Å². The lowest BCUT2D eigenvalue weighted by atomic mass is 9.95. The van der Waals surface area contributed by atoms with Crippen molar-refractivity contribution in [2.75, 3.05) is 19.6 Å². The molecule has 2 rings (SSSR count). The maximum atomic E-state index is 3.55. The lowest BCUT2D eigenvalue weighted by Gasteiger charge is -2.46. The van der Waals surface area contributed by atoms with Crippen molar-refractivity contribution in [1.82, 2.24) is 10.2 Å². The van der Waals surface area contributed by atoms with Gasteiger partial charge in [0.15, 0.2) is 0 Å². The van der Waals surface area contributed by atoms with Crippen LogP contribution in [-0.4, -0.2) is 30.2 Å². The van der Waals surface area contributed by atoms with Crippen molar-refractivity contribution in [3.63, 3.8) is 0 Å². The highest BCUT2D eigenvalue weighted by Crippen LogP contribution is 2.33. The summed E-state index contributed by atoms with van der Waals surface area (Å²) < 4.78 is 0. The van der Waals surface area contributed by atoms with Crippen LogP contribution in [0.5, 0.6) is 0 Å². The Balaban J connectivity index is 0.000000605. The van der Waals surface area contributed by atoms with Crippen LogP contribution in [-0.2, 0) is 0 Å². The molecule has 0 aromatic rings. The number of nitrogens with zero attached hydrogens (tertiary/aromatic N) is 1. The van der Waals surface area contributed by atoms with Crippen LogP contribution in [0.25, 0.3) is 0 Å². The Morgan fingerprint density at radius 1 is 1.60 bits per heavy atom. The van der Waals surface area contributed by atoms with E-state index < -0.39 is 0 Å². The summed E-state index contributed by atoms with van der Waals surface area (Å²) in [6.45, 7) is 6.01. The van der Waals surface area contributed by atoms with Gasteiger partial charge in [0.2, 0.25) is 0 Å². The van der Waals surface area contributed by atoms with Gasteiger partial charge in [0.05, 0.1) is 5.66 Å². The number of hydrogen-bond acceptors (Lipinski definition) is 2. The average molecular weight is 142 g/mol. The van der Waals surface area contributed by atoms with Gasteiger partial charge in [0.25, 0.3) is 0 Å². The average Bonchev–Trinajstić information content (AvgIpc) is 2.27. The van der Waals surface area contributed by atoms with Gasteiger partial charge in [-0.05, 0) is 38.9 Å². The van der Waals surface area contributed by atoms with Crippen LogP contribution in [0, 0.1) is 0 Å². The first-order valence-electron chi connectivity index (χ1n) is 4.37. The molecule has 0 amide bonds. The number of hydrogen-bond donors (Lipinski definition) is 1. The highest BCUT2D eigenvalue weighted by atomic mass is 15.4. The fourth-order valence-electron chi connectivity index (χ4n) is 2.29. The van der Waals surface area contributed by atoms with Gasteiger partial charge in [-0.1, -0.05) is 6.92 Å². The van der Waals surface area contributed by atoms with Crippen molar-refractivity contribution in [1.29, 1.82) is 0 Å². The molecule has 60 valence electrons. The van der Waals surface area contributed by atoms with E-state index in [1.165, 1.54) is 38.9 Å². The summed E-state index contributed by atoms with van der Waals surface area (Å²) in [5.41, 5.74) is 0.467. The zero-order chi connectivity index (χ0) is 7.03. The summed E-state index contributed by atoms with van der Waals surface area (Å²) >= 11 is 0. The molecule has 2 heteroatoms. The fourth-order valence-corrected chi connectivity index (χ4v) is 2.29. The topological polar surface area (TPSA) is 15.3 Å². The first kappa shape index (κ1) is 6.62. The molecular formula is C8H18N2. The molecular weight excluding hydrogens is 124 g/mol. The molecule has 1 atom stereocenters. The molecule has 2 aliphatic rings. The lowest BCUT2D eigenvalue weighted by Crippen LogP contribution is -2.64. The van der Waals surface area contributed by atoms with Gasteiger partial charge in [-0.25, -0.2) is 0 Å². The lowest BCUT2D eigenvalue weighted by molar-refractivity contribution is 0.0386. The van der Waals surface area contributed by atoms with Crippen LogP contribution >= 0.6 is 0 Å². The Kier molecular flexibility index (Phi) is 1.46. The van der Waals surface area contributed by atoms with E-state index in [-0.39, 0.29) is 1.43 Å². The van der Waals surface area contributed by atoms with E-state index >= 15 is 0 Å². The Morgan fingerprint density at radius 2 is 2.40 bits per heavy atom. The molecule has 0 aliphatic carbocycles. The van der Waals surface area contributed by atoms with E-state index in [4.69, 9.17) is 0 Å². The van der Waals surface area contributed by atoms with E-state index in [2.05, 4.69) is 17.1 Å². The third kappa shape index (κ3) is 0.722. The van der Waals surface area contributed by atoms with Crippen molar-refractivity contribution in [2.45, 2.75) is 31.8 Å². The molecule has 10 heavy (non-hydrogen) atoms. The third-order valence-electron chi connectivity index (χ3n) is 3.00. The molecule has 2 nitrogen and oxygen atoms in total. The Bertz CT molecular complexity index is 134. The van der Waals surface area contributed by atoms with Gasteiger partial charge in [-0.3, -0.25) is 10.2 Å². The Hall–Kier alpha value is -0.0800. The van der Waals surface area contributed by atoms with Crippen LogP contribution in [0.15, 0.2) is 0 Å². The van der Waals surface area contributed by atoms with Gasteiger partial charge < -0.3 is 0 Å². The van der Waals surface area contributed by atoms with E-state index in [1.807, 2.05) is 0 Å². The highest BCUT2D eigenvalue weighted by Gasteiger charge is 2.44. The summed E-state index contributed by atoms with van der Waals surface area (Å²) in [5.74, 6) is 0. The van der Waals surface area contributed by atoms with Crippen molar-refractivity contribution in [3.8, 4) is 0 Å². The predicted octanol–water partition coefficient (Wildman–Crippen LogP) is 1.04. The van der Waals surface area contributed by atoms with Gasteiger partial charge in [0, 0.05) is 1.43 Å². The van der Waals surface area contributed by atoms with E-state index in [0.717, 1.165) is 0 Å². The summed E-state index contributed by atoms with van der Waals surface area (Å²) in [7, 11) is 0. The van der Waals surface area contributed by atoms with E-state index in [1.54, 1.807) is 0 Å². The minimum absolute atomic E-state index is 0. The summed E-state index contributed by atoms with van der Waals surface area (Å²) in [5, 5.41) is 3.55. The van der Waals surface area contributed by atoms with E-state index in [9.17, 15) is 0 Å². The maximum absolute atomic E-state index is 3.55. The van der Waals surface area contributed by atoms with Crippen LogP contribution < -0.4 is 5.32 Å². The van der Waals surface area contributed by atoms with Crippen molar-refractivity contribution < 1.29 is 1.43 Å².